The highest BCUT2D eigenvalue weighted by Crippen LogP contribution is 2.16. The third kappa shape index (κ3) is 13.5. The van der Waals surface area contributed by atoms with Crippen LogP contribution in [0.25, 0.3) is 10.4 Å². The number of alkyl halides is 3. The third-order valence-corrected chi connectivity index (χ3v) is 0.413. The topological polar surface area (TPSA) is 108 Å². The molecule has 0 spiro atoms. The first kappa shape index (κ1) is 22.5. The van der Waals surface area contributed by atoms with Crippen LogP contribution in [0.1, 0.15) is 7.43 Å². The highest BCUT2D eigenvalue weighted by molar-refractivity contribution is 5.85. The van der Waals surface area contributed by atoms with Gasteiger partial charge in [0.1, 0.15) is 0 Å². The molecule has 4 N–H and O–H groups in total. The summed E-state index contributed by atoms with van der Waals surface area (Å²) in [4.78, 5) is 1.78. The van der Waals surface area contributed by atoms with E-state index in [2.05, 4.69) is 13.2 Å². The Labute approximate surface area is 74.0 Å². The van der Waals surface area contributed by atoms with Crippen LogP contribution >= 0.6 is 0 Å². The molecule has 0 bridgehead atoms. The van der Waals surface area contributed by atoms with Gasteiger partial charge >= 0.3 is 6.18 Å². The van der Waals surface area contributed by atoms with Crippen molar-refractivity contribution in [3.05, 3.63) is 23.6 Å². The van der Waals surface area contributed by atoms with Crippen LogP contribution in [0.3, 0.4) is 0 Å². The van der Waals surface area contributed by atoms with Gasteiger partial charge in [0.15, 0.2) is 5.84 Å². The van der Waals surface area contributed by atoms with Crippen molar-refractivity contribution in [1.82, 2.24) is 6.15 Å². The smallest absolute Gasteiger partial charge is 0.344 e. The summed E-state index contributed by atoms with van der Waals surface area (Å²) < 4.78 is 33.4. The molecule has 0 radical (unpaired) electrons. The maximum Gasteiger partial charge on any atom is 0.435 e. The Hall–Kier alpha value is -1.53. The Bertz CT molecular complexity index is 181. The number of hydrogen-bond acceptors (Lipinski definition) is 2. The van der Waals surface area contributed by atoms with Gasteiger partial charge in [0.2, 0.25) is 0 Å². The van der Waals surface area contributed by atoms with Gasteiger partial charge in [0.25, 0.3) is 0 Å². The molecule has 0 aromatic carbocycles. The molecule has 0 atom stereocenters. The van der Waals surface area contributed by atoms with E-state index in [0.717, 1.165) is 0 Å². The number of nitrogens with zero attached hydrogens (tertiary/aromatic N) is 3. The second-order valence-corrected chi connectivity index (χ2v) is 1.04. The van der Waals surface area contributed by atoms with Crippen LogP contribution in [0.5, 0.6) is 0 Å². The van der Waals surface area contributed by atoms with Crippen LogP contribution in [0.4, 0.5) is 13.2 Å². The summed E-state index contributed by atoms with van der Waals surface area (Å²) in [6.07, 6.45) is -4.83. The number of azide groups is 1. The summed E-state index contributed by atoms with van der Waals surface area (Å²) >= 11 is 0. The molecular weight excluding hydrogens is 187 g/mol. The van der Waals surface area contributed by atoms with Crippen LogP contribution in [0.15, 0.2) is 18.3 Å². The number of hydrogen-bond donors (Lipinski definition) is 2. The minimum atomic E-state index is -4.83. The molecule has 0 unspecified atom stereocenters. The van der Waals surface area contributed by atoms with Crippen molar-refractivity contribution in [3.8, 4) is 0 Å². The van der Waals surface area contributed by atoms with Crippen molar-refractivity contribution >= 4 is 5.84 Å². The van der Waals surface area contributed by atoms with Crippen molar-refractivity contribution in [2.24, 2.45) is 5.11 Å². The van der Waals surface area contributed by atoms with E-state index >= 15 is 0 Å². The molecule has 0 saturated heterocycles. The van der Waals surface area contributed by atoms with Crippen molar-refractivity contribution in [3.63, 3.8) is 0 Å². The zero-order valence-electron chi connectivity index (χ0n) is 6.10. The predicted molar refractivity (Wildman–Crippen MR) is 45.9 cm³/mol. The fourth-order valence-corrected chi connectivity index (χ4v) is 0.101. The lowest BCUT2D eigenvalue weighted by Crippen LogP contribution is -2.18. The second-order valence-electron chi connectivity index (χ2n) is 1.04. The monoisotopic (exact) mass is 199 g/mol. The maximum absolute atomic E-state index is 11.1. The summed E-state index contributed by atoms with van der Waals surface area (Å²) in [5.74, 6) is -1.93. The zero-order chi connectivity index (χ0) is 9.49. The molecule has 5 nitrogen and oxygen atoms in total. The normalized spacial score (nSPS) is 7.31. The quantitative estimate of drug-likeness (QED) is 0.153. The van der Waals surface area contributed by atoms with Gasteiger partial charge in [-0.2, -0.15) is 13.2 Å². The molecule has 0 heterocycles. The SMILES string of the molecule is C.C=C.N.[N-]=[N+]=NC(=N)C(F)(F)F. The summed E-state index contributed by atoms with van der Waals surface area (Å²) in [6.45, 7) is 6.00. The molecule has 78 valence electrons. The highest BCUT2D eigenvalue weighted by atomic mass is 19.4. The predicted octanol–water partition coefficient (Wildman–Crippen LogP) is 3.44. The first-order valence-electron chi connectivity index (χ1n) is 2.19. The van der Waals surface area contributed by atoms with Crippen molar-refractivity contribution in [2.75, 3.05) is 0 Å². The maximum atomic E-state index is 11.1. The molecule has 8 heteroatoms. The molecule has 0 fully saturated rings. The average molecular weight is 199 g/mol. The van der Waals surface area contributed by atoms with Gasteiger partial charge in [-0.05, 0) is 10.6 Å². The van der Waals surface area contributed by atoms with Crippen LogP contribution < -0.4 is 6.15 Å². The van der Waals surface area contributed by atoms with E-state index in [4.69, 9.17) is 10.9 Å². The molecule has 13 heavy (non-hydrogen) atoms. The molecular formula is C5H12F3N5. The summed E-state index contributed by atoms with van der Waals surface area (Å²) in [5.41, 5.74) is 7.42. The first-order chi connectivity index (χ1) is 4.98. The Morgan fingerprint density at radius 3 is 1.77 bits per heavy atom. The lowest BCUT2D eigenvalue weighted by molar-refractivity contribution is -0.0605. The Morgan fingerprint density at radius 1 is 1.38 bits per heavy atom. The van der Waals surface area contributed by atoms with E-state index in [1.807, 2.05) is 5.11 Å². The van der Waals surface area contributed by atoms with E-state index in [-0.39, 0.29) is 13.6 Å². The lowest BCUT2D eigenvalue weighted by atomic mass is 10.6. The average Bonchev–Trinajstić information content (AvgIpc) is 1.91. The standard InChI is InChI=1S/C2HF3N4.C2H4.CH4.H3N/c3-2(4,5)1(6)8-9-7;1-2;;/h6H;1-2H2;1H4;1H3. The summed E-state index contributed by atoms with van der Waals surface area (Å²) in [6, 6.07) is 0. The van der Waals surface area contributed by atoms with Crippen molar-refractivity contribution in [2.45, 2.75) is 13.6 Å². The molecule has 0 aliphatic rings. The van der Waals surface area contributed by atoms with E-state index in [9.17, 15) is 13.2 Å². The number of halogens is 3. The molecule has 0 rings (SSSR count). The first-order valence-corrected chi connectivity index (χ1v) is 2.19. The van der Waals surface area contributed by atoms with E-state index in [0.29, 0.717) is 0 Å². The largest absolute Gasteiger partial charge is 0.435 e. The van der Waals surface area contributed by atoms with Crippen LogP contribution in [0, 0.1) is 5.41 Å². The summed E-state index contributed by atoms with van der Waals surface area (Å²) in [5, 5.41) is 8.03. The zero-order valence-corrected chi connectivity index (χ0v) is 6.10. The van der Waals surface area contributed by atoms with Gasteiger partial charge < -0.3 is 6.15 Å². The van der Waals surface area contributed by atoms with Gasteiger partial charge in [0.05, 0.1) is 0 Å². The highest BCUT2D eigenvalue weighted by Gasteiger charge is 2.33. The van der Waals surface area contributed by atoms with Gasteiger partial charge in [-0.1, -0.05) is 7.43 Å². The third-order valence-electron chi connectivity index (χ3n) is 0.413. The molecule has 0 aromatic rings. The van der Waals surface area contributed by atoms with E-state index in [1.54, 1.807) is 4.91 Å². The Kier molecular flexibility index (Phi) is 18.1. The molecule has 0 amide bonds. The van der Waals surface area contributed by atoms with E-state index in [1.165, 1.54) is 0 Å². The molecule has 0 aromatic heterocycles. The van der Waals surface area contributed by atoms with Crippen LogP contribution in [0.2, 0.25) is 0 Å². The fourth-order valence-electron chi connectivity index (χ4n) is 0.101. The second kappa shape index (κ2) is 10.5. The lowest BCUT2D eigenvalue weighted by Gasteiger charge is -1.99. The van der Waals surface area contributed by atoms with Gasteiger partial charge in [-0.25, -0.2) is 0 Å². The van der Waals surface area contributed by atoms with Gasteiger partial charge in [-0.15, -0.1) is 13.2 Å². The minimum Gasteiger partial charge on any atom is -0.344 e. The molecule has 0 saturated carbocycles. The number of amidine groups is 1. The van der Waals surface area contributed by atoms with Crippen molar-refractivity contribution in [1.29, 1.82) is 5.41 Å². The van der Waals surface area contributed by atoms with Crippen molar-refractivity contribution < 1.29 is 13.2 Å². The number of rotatable bonds is 0. The van der Waals surface area contributed by atoms with Gasteiger partial charge in [-0.3, -0.25) is 5.41 Å². The summed E-state index contributed by atoms with van der Waals surface area (Å²) in [7, 11) is 0. The van der Waals surface area contributed by atoms with Gasteiger partial charge in [0, 0.05) is 4.91 Å². The minimum absolute atomic E-state index is 0. The Morgan fingerprint density at radius 2 is 1.69 bits per heavy atom. The van der Waals surface area contributed by atoms with Crippen LogP contribution in [-0.2, 0) is 0 Å². The van der Waals surface area contributed by atoms with E-state index < -0.39 is 12.0 Å². The fraction of sp³-hybridized carbons (Fsp3) is 0.400. The number of nitrogens with one attached hydrogen (secondary N) is 1. The molecule has 0 aliphatic carbocycles. The molecule has 0 aliphatic heterocycles. The van der Waals surface area contributed by atoms with Crippen LogP contribution in [-0.4, -0.2) is 12.0 Å². The Balaban J connectivity index is -0.0000000941.